The van der Waals surface area contributed by atoms with Gasteiger partial charge in [-0.15, -0.1) is 0 Å². The van der Waals surface area contributed by atoms with Crippen LogP contribution in [-0.4, -0.2) is 10.9 Å². The van der Waals surface area contributed by atoms with E-state index >= 15 is 0 Å². The van der Waals surface area contributed by atoms with E-state index in [-0.39, 0.29) is 18.2 Å². The van der Waals surface area contributed by atoms with E-state index in [1.54, 1.807) is 12.3 Å². The van der Waals surface area contributed by atoms with Gasteiger partial charge in [-0.2, -0.15) is 26.3 Å². The first kappa shape index (κ1) is 22.3. The van der Waals surface area contributed by atoms with Crippen LogP contribution in [-0.2, 0) is 30.1 Å². The van der Waals surface area contributed by atoms with Gasteiger partial charge in [0.1, 0.15) is 0 Å². The molecule has 0 spiro atoms. The van der Waals surface area contributed by atoms with Crippen LogP contribution in [0, 0.1) is 0 Å². The first-order valence-electron chi connectivity index (χ1n) is 9.07. The van der Waals surface area contributed by atoms with Gasteiger partial charge in [0.05, 0.1) is 17.5 Å². The number of hydrogen-bond acceptors (Lipinski definition) is 2. The zero-order chi connectivity index (χ0) is 22.6. The van der Waals surface area contributed by atoms with Gasteiger partial charge in [0.25, 0.3) is 0 Å². The van der Waals surface area contributed by atoms with Crippen LogP contribution in [0.15, 0.2) is 67.0 Å². The van der Waals surface area contributed by atoms with Gasteiger partial charge in [0.2, 0.25) is 5.91 Å². The summed E-state index contributed by atoms with van der Waals surface area (Å²) in [5.74, 6) is -0.713. The van der Waals surface area contributed by atoms with Crippen molar-refractivity contribution in [3.8, 4) is 11.1 Å². The number of nitrogens with zero attached hydrogens (tertiary/aromatic N) is 1. The van der Waals surface area contributed by atoms with E-state index in [0.717, 1.165) is 11.1 Å². The fourth-order valence-electron chi connectivity index (χ4n) is 3.03. The van der Waals surface area contributed by atoms with Crippen LogP contribution in [0.5, 0.6) is 0 Å². The van der Waals surface area contributed by atoms with Crippen molar-refractivity contribution in [2.24, 2.45) is 0 Å². The van der Waals surface area contributed by atoms with E-state index in [1.807, 2.05) is 30.3 Å². The Morgan fingerprint density at radius 1 is 0.871 bits per heavy atom. The summed E-state index contributed by atoms with van der Waals surface area (Å²) in [6.45, 7) is 0.0159. The average molecular weight is 438 g/mol. The van der Waals surface area contributed by atoms with Crippen molar-refractivity contribution in [1.29, 1.82) is 0 Å². The fraction of sp³-hybridized carbons (Fsp3) is 0.182. The number of amides is 1. The molecule has 0 aliphatic heterocycles. The Labute approximate surface area is 173 Å². The molecule has 0 saturated heterocycles. The molecular formula is C22H16F6N2O. The lowest BCUT2D eigenvalue weighted by atomic mass is 10.0. The molecule has 31 heavy (non-hydrogen) atoms. The first-order chi connectivity index (χ1) is 14.5. The van der Waals surface area contributed by atoms with Crippen LogP contribution in [0.2, 0.25) is 0 Å². The van der Waals surface area contributed by atoms with Gasteiger partial charge in [-0.3, -0.25) is 9.78 Å². The molecule has 3 aromatic rings. The van der Waals surface area contributed by atoms with Gasteiger partial charge in [0.15, 0.2) is 0 Å². The topological polar surface area (TPSA) is 42.0 Å². The van der Waals surface area contributed by atoms with Crippen molar-refractivity contribution < 1.29 is 31.1 Å². The first-order valence-corrected chi connectivity index (χ1v) is 9.07. The number of benzene rings is 2. The van der Waals surface area contributed by atoms with Gasteiger partial charge >= 0.3 is 12.4 Å². The van der Waals surface area contributed by atoms with Crippen LogP contribution in [0.3, 0.4) is 0 Å². The average Bonchev–Trinajstić information content (AvgIpc) is 2.71. The fourth-order valence-corrected chi connectivity index (χ4v) is 3.03. The highest BCUT2D eigenvalue weighted by Gasteiger charge is 2.37. The van der Waals surface area contributed by atoms with E-state index in [1.165, 1.54) is 6.20 Å². The number of carbonyl (C=O) groups is 1. The lowest BCUT2D eigenvalue weighted by Gasteiger charge is -2.14. The highest BCUT2D eigenvalue weighted by molar-refractivity contribution is 5.79. The molecule has 0 fully saturated rings. The highest BCUT2D eigenvalue weighted by Crippen LogP contribution is 2.36. The molecule has 3 rings (SSSR count). The number of halogens is 6. The molecule has 0 aliphatic carbocycles. The monoisotopic (exact) mass is 438 g/mol. The summed E-state index contributed by atoms with van der Waals surface area (Å²) in [5.41, 5.74) is -0.958. The SMILES string of the molecule is O=C(Cc1cc(C(F)(F)F)cc(C(F)(F)F)c1)NCc1cnccc1-c1ccccc1. The molecule has 1 amide bonds. The number of rotatable bonds is 5. The lowest BCUT2D eigenvalue weighted by molar-refractivity contribution is -0.143. The quantitative estimate of drug-likeness (QED) is 0.524. The van der Waals surface area contributed by atoms with Crippen LogP contribution >= 0.6 is 0 Å². The molecule has 3 nitrogen and oxygen atoms in total. The maximum absolute atomic E-state index is 13.0. The maximum atomic E-state index is 13.0. The number of nitrogens with one attached hydrogen (secondary N) is 1. The molecule has 1 N–H and O–H groups in total. The molecule has 0 aliphatic rings. The predicted octanol–water partition coefficient (Wildman–Crippen LogP) is 5.65. The van der Waals surface area contributed by atoms with E-state index in [2.05, 4.69) is 10.3 Å². The molecule has 0 atom stereocenters. The van der Waals surface area contributed by atoms with Gasteiger partial charge < -0.3 is 5.32 Å². The van der Waals surface area contributed by atoms with E-state index in [9.17, 15) is 31.1 Å². The van der Waals surface area contributed by atoms with E-state index in [0.29, 0.717) is 17.7 Å². The number of pyridine rings is 1. The highest BCUT2D eigenvalue weighted by atomic mass is 19.4. The number of aromatic nitrogens is 1. The smallest absolute Gasteiger partial charge is 0.352 e. The molecule has 162 valence electrons. The van der Waals surface area contributed by atoms with Crippen molar-refractivity contribution in [3.05, 3.63) is 89.2 Å². The lowest BCUT2D eigenvalue weighted by Crippen LogP contribution is -2.25. The number of hydrogen-bond donors (Lipinski definition) is 1. The van der Waals surface area contributed by atoms with Crippen molar-refractivity contribution in [1.82, 2.24) is 10.3 Å². The molecule has 1 aromatic heterocycles. The number of alkyl halides is 6. The second kappa shape index (κ2) is 8.79. The van der Waals surface area contributed by atoms with Crippen LogP contribution in [0.4, 0.5) is 26.3 Å². The van der Waals surface area contributed by atoms with Crippen LogP contribution in [0.1, 0.15) is 22.3 Å². The summed E-state index contributed by atoms with van der Waals surface area (Å²) in [4.78, 5) is 16.3. The third-order valence-corrected chi connectivity index (χ3v) is 4.48. The Hall–Kier alpha value is -3.36. The molecule has 0 unspecified atom stereocenters. The Kier molecular flexibility index (Phi) is 6.33. The van der Waals surface area contributed by atoms with Gasteiger partial charge in [-0.1, -0.05) is 30.3 Å². The summed E-state index contributed by atoms with van der Waals surface area (Å²) in [6, 6.07) is 12.1. The second-order valence-corrected chi connectivity index (χ2v) is 6.77. The summed E-state index contributed by atoms with van der Waals surface area (Å²) in [5, 5.41) is 2.53. The Bertz CT molecular complexity index is 1030. The van der Waals surface area contributed by atoms with Gasteiger partial charge in [0, 0.05) is 18.9 Å². The molecular weight excluding hydrogens is 422 g/mol. The molecule has 1 heterocycles. The molecule has 2 aromatic carbocycles. The van der Waals surface area contributed by atoms with Crippen molar-refractivity contribution in [2.45, 2.75) is 25.3 Å². The van der Waals surface area contributed by atoms with Crippen molar-refractivity contribution >= 4 is 5.91 Å². The van der Waals surface area contributed by atoms with Gasteiger partial charge in [-0.25, -0.2) is 0 Å². The Morgan fingerprint density at radius 3 is 2.06 bits per heavy atom. The summed E-state index contributed by atoms with van der Waals surface area (Å²) in [6.07, 6.45) is -7.45. The minimum absolute atomic E-state index is 0.0159. The molecule has 0 radical (unpaired) electrons. The Balaban J connectivity index is 1.77. The summed E-state index contributed by atoms with van der Waals surface area (Å²) < 4.78 is 77.8. The third kappa shape index (κ3) is 5.84. The summed E-state index contributed by atoms with van der Waals surface area (Å²) >= 11 is 0. The van der Waals surface area contributed by atoms with Crippen LogP contribution in [0.25, 0.3) is 11.1 Å². The van der Waals surface area contributed by atoms with E-state index < -0.39 is 35.8 Å². The Morgan fingerprint density at radius 2 is 1.48 bits per heavy atom. The predicted molar refractivity (Wildman–Crippen MR) is 102 cm³/mol. The normalized spacial score (nSPS) is 11.9. The zero-order valence-electron chi connectivity index (χ0n) is 15.9. The largest absolute Gasteiger partial charge is 0.416 e. The zero-order valence-corrected chi connectivity index (χ0v) is 15.9. The third-order valence-electron chi connectivity index (χ3n) is 4.48. The molecule has 9 heteroatoms. The van der Waals surface area contributed by atoms with Gasteiger partial charge in [-0.05, 0) is 46.5 Å². The van der Waals surface area contributed by atoms with E-state index in [4.69, 9.17) is 0 Å². The number of carbonyl (C=O) groups excluding carboxylic acids is 1. The molecule has 0 bridgehead atoms. The summed E-state index contributed by atoms with van der Waals surface area (Å²) in [7, 11) is 0. The minimum Gasteiger partial charge on any atom is -0.352 e. The standard InChI is InChI=1S/C22H16F6N2O/c23-21(24,25)17-8-14(9-18(11-17)22(26,27)28)10-20(31)30-13-16-12-29-7-6-19(16)15-4-2-1-3-5-15/h1-9,11-12H,10,13H2,(H,30,31). The van der Waals surface area contributed by atoms with Crippen molar-refractivity contribution in [2.75, 3.05) is 0 Å². The van der Waals surface area contributed by atoms with Crippen LogP contribution < -0.4 is 5.32 Å². The maximum Gasteiger partial charge on any atom is 0.416 e. The minimum atomic E-state index is -4.97. The molecule has 0 saturated carbocycles. The second-order valence-electron chi connectivity index (χ2n) is 6.77. The van der Waals surface area contributed by atoms with Crippen molar-refractivity contribution in [3.63, 3.8) is 0 Å².